The molecule has 1 aromatic rings. The zero-order chi connectivity index (χ0) is 13.0. The summed E-state index contributed by atoms with van der Waals surface area (Å²) in [6.07, 6.45) is 2.82. The van der Waals surface area contributed by atoms with Crippen LogP contribution in [0.1, 0.15) is 19.1 Å². The third-order valence-electron chi connectivity index (χ3n) is 3.72. The van der Waals surface area contributed by atoms with Crippen LogP contribution in [0.2, 0.25) is 0 Å². The van der Waals surface area contributed by atoms with Crippen molar-refractivity contribution < 1.29 is 4.42 Å². The average molecular weight is 251 g/mol. The van der Waals surface area contributed by atoms with Crippen molar-refractivity contribution in [3.63, 3.8) is 0 Å². The Morgan fingerprint density at radius 2 is 2.22 bits per heavy atom. The van der Waals surface area contributed by atoms with Gasteiger partial charge in [0.05, 0.1) is 12.8 Å². The third kappa shape index (κ3) is 3.57. The number of furan rings is 1. The maximum atomic E-state index is 5.73. The van der Waals surface area contributed by atoms with Crippen molar-refractivity contribution in [2.24, 2.45) is 11.7 Å². The Morgan fingerprint density at radius 3 is 2.89 bits per heavy atom. The molecule has 1 fully saturated rings. The highest BCUT2D eigenvalue weighted by molar-refractivity contribution is 4.98. The van der Waals surface area contributed by atoms with Crippen LogP contribution in [-0.4, -0.2) is 49.1 Å². The zero-order valence-electron chi connectivity index (χ0n) is 11.5. The van der Waals surface area contributed by atoms with Gasteiger partial charge in [-0.2, -0.15) is 0 Å². The molecule has 0 spiro atoms. The Labute approximate surface area is 110 Å². The predicted molar refractivity (Wildman–Crippen MR) is 73.2 cm³/mol. The van der Waals surface area contributed by atoms with Gasteiger partial charge in [-0.1, -0.05) is 6.92 Å². The summed E-state index contributed by atoms with van der Waals surface area (Å²) in [4.78, 5) is 4.95. The summed E-state index contributed by atoms with van der Waals surface area (Å²) in [6, 6.07) is 4.58. The van der Waals surface area contributed by atoms with Gasteiger partial charge < -0.3 is 15.1 Å². The third-order valence-corrected chi connectivity index (χ3v) is 3.72. The maximum Gasteiger partial charge on any atom is 0.117 e. The van der Waals surface area contributed by atoms with E-state index in [0.29, 0.717) is 12.0 Å². The summed E-state index contributed by atoms with van der Waals surface area (Å²) in [5, 5.41) is 0. The van der Waals surface area contributed by atoms with Crippen LogP contribution in [0.5, 0.6) is 0 Å². The lowest BCUT2D eigenvalue weighted by atomic mass is 10.1. The summed E-state index contributed by atoms with van der Waals surface area (Å²) in [5.74, 6) is 1.74. The highest BCUT2D eigenvalue weighted by Gasteiger charge is 2.25. The van der Waals surface area contributed by atoms with Crippen molar-refractivity contribution in [2.45, 2.75) is 25.9 Å². The smallest absolute Gasteiger partial charge is 0.117 e. The Balaban J connectivity index is 2.00. The number of nitrogens with zero attached hydrogens (tertiary/aromatic N) is 2. The lowest BCUT2D eigenvalue weighted by molar-refractivity contribution is 0.188. The van der Waals surface area contributed by atoms with E-state index in [9.17, 15) is 0 Å². The largest absolute Gasteiger partial charge is 0.468 e. The normalized spacial score (nSPS) is 27.3. The molecule has 1 aliphatic rings. The van der Waals surface area contributed by atoms with E-state index in [1.807, 2.05) is 6.07 Å². The molecule has 4 nitrogen and oxygen atoms in total. The fourth-order valence-corrected chi connectivity index (χ4v) is 2.91. The van der Waals surface area contributed by atoms with Crippen molar-refractivity contribution in [1.82, 2.24) is 9.80 Å². The maximum absolute atomic E-state index is 5.73. The van der Waals surface area contributed by atoms with Crippen LogP contribution in [0, 0.1) is 5.92 Å². The number of likely N-dealkylation sites (N-methyl/N-ethyl adjacent to an activating group) is 1. The summed E-state index contributed by atoms with van der Waals surface area (Å²) in [6.45, 7) is 7.35. The molecular formula is C14H25N3O. The molecule has 2 heterocycles. The minimum Gasteiger partial charge on any atom is -0.468 e. The lowest BCUT2D eigenvalue weighted by Gasteiger charge is -2.28. The second kappa shape index (κ2) is 6.36. The monoisotopic (exact) mass is 251 g/mol. The van der Waals surface area contributed by atoms with Gasteiger partial charge in [-0.15, -0.1) is 0 Å². The summed E-state index contributed by atoms with van der Waals surface area (Å²) in [5.41, 5.74) is 5.73. The van der Waals surface area contributed by atoms with E-state index in [1.165, 1.54) is 0 Å². The van der Waals surface area contributed by atoms with Gasteiger partial charge in [0.1, 0.15) is 5.76 Å². The van der Waals surface area contributed by atoms with E-state index >= 15 is 0 Å². The van der Waals surface area contributed by atoms with Crippen LogP contribution in [0.25, 0.3) is 0 Å². The van der Waals surface area contributed by atoms with E-state index in [1.54, 1.807) is 6.26 Å². The highest BCUT2D eigenvalue weighted by Crippen LogP contribution is 2.17. The minimum atomic E-state index is 0.565. The van der Waals surface area contributed by atoms with Crippen LogP contribution in [0.4, 0.5) is 0 Å². The summed E-state index contributed by atoms with van der Waals surface area (Å²) in [7, 11) is 2.22. The van der Waals surface area contributed by atoms with Crippen LogP contribution in [-0.2, 0) is 6.54 Å². The molecule has 0 saturated carbocycles. The molecule has 2 unspecified atom stereocenters. The van der Waals surface area contributed by atoms with E-state index in [-0.39, 0.29) is 0 Å². The first-order valence-corrected chi connectivity index (χ1v) is 6.84. The van der Waals surface area contributed by atoms with Crippen LogP contribution < -0.4 is 5.73 Å². The molecule has 0 amide bonds. The standard InChI is InChI=1S/C14H25N3O/c1-12-8-16(2)13(5-6-15)10-17(9-12)11-14-4-3-7-18-14/h3-4,7,12-13H,5-6,8-11,15H2,1-2H3. The molecule has 4 heteroatoms. The lowest BCUT2D eigenvalue weighted by Crippen LogP contribution is -2.40. The molecule has 2 N–H and O–H groups in total. The zero-order valence-corrected chi connectivity index (χ0v) is 11.5. The second-order valence-electron chi connectivity index (χ2n) is 5.55. The number of rotatable bonds is 4. The Morgan fingerprint density at radius 1 is 1.39 bits per heavy atom. The first-order chi connectivity index (χ1) is 8.69. The molecule has 102 valence electrons. The Bertz CT molecular complexity index is 339. The SMILES string of the molecule is CC1CN(Cc2ccco2)CC(CCN)N(C)C1. The van der Waals surface area contributed by atoms with Crippen molar-refractivity contribution >= 4 is 0 Å². The van der Waals surface area contributed by atoms with Gasteiger partial charge >= 0.3 is 0 Å². The predicted octanol–water partition coefficient (Wildman–Crippen LogP) is 1.38. The van der Waals surface area contributed by atoms with Gasteiger partial charge in [-0.05, 0) is 38.1 Å². The Kier molecular flexibility index (Phi) is 4.80. The minimum absolute atomic E-state index is 0.565. The van der Waals surface area contributed by atoms with Gasteiger partial charge in [-0.25, -0.2) is 0 Å². The van der Waals surface area contributed by atoms with Gasteiger partial charge in [0.15, 0.2) is 0 Å². The van der Waals surface area contributed by atoms with Crippen molar-refractivity contribution in [3.05, 3.63) is 24.2 Å². The summed E-state index contributed by atoms with van der Waals surface area (Å²) >= 11 is 0. The first-order valence-electron chi connectivity index (χ1n) is 6.84. The topological polar surface area (TPSA) is 45.6 Å². The molecule has 2 atom stereocenters. The molecule has 0 aliphatic carbocycles. The number of nitrogens with two attached hydrogens (primary N) is 1. The molecule has 2 rings (SSSR count). The van der Waals surface area contributed by atoms with Gasteiger partial charge in [-0.3, -0.25) is 4.90 Å². The average Bonchev–Trinajstić information content (AvgIpc) is 2.76. The van der Waals surface area contributed by atoms with Crippen LogP contribution in [0.15, 0.2) is 22.8 Å². The molecule has 0 bridgehead atoms. The fraction of sp³-hybridized carbons (Fsp3) is 0.714. The quantitative estimate of drug-likeness (QED) is 0.878. The molecular weight excluding hydrogens is 226 g/mol. The Hall–Kier alpha value is -0.840. The van der Waals surface area contributed by atoms with Gasteiger partial charge in [0.2, 0.25) is 0 Å². The molecule has 18 heavy (non-hydrogen) atoms. The molecule has 0 radical (unpaired) electrons. The van der Waals surface area contributed by atoms with E-state index in [4.69, 9.17) is 10.2 Å². The van der Waals surface area contributed by atoms with E-state index < -0.39 is 0 Å². The molecule has 1 aliphatic heterocycles. The van der Waals surface area contributed by atoms with Crippen molar-refractivity contribution in [2.75, 3.05) is 33.2 Å². The van der Waals surface area contributed by atoms with E-state index in [2.05, 4.69) is 29.8 Å². The highest BCUT2D eigenvalue weighted by atomic mass is 16.3. The van der Waals surface area contributed by atoms with E-state index in [0.717, 1.165) is 44.9 Å². The molecule has 0 aromatic carbocycles. The van der Waals surface area contributed by atoms with Crippen LogP contribution >= 0.6 is 0 Å². The van der Waals surface area contributed by atoms with Gasteiger partial charge in [0, 0.05) is 25.7 Å². The summed E-state index contributed by atoms with van der Waals surface area (Å²) < 4.78 is 5.45. The fourth-order valence-electron chi connectivity index (χ4n) is 2.91. The number of hydrogen-bond acceptors (Lipinski definition) is 4. The second-order valence-corrected chi connectivity index (χ2v) is 5.55. The van der Waals surface area contributed by atoms with Gasteiger partial charge in [0.25, 0.3) is 0 Å². The number of hydrogen-bond donors (Lipinski definition) is 1. The van der Waals surface area contributed by atoms with Crippen molar-refractivity contribution in [1.29, 1.82) is 0 Å². The molecule has 1 saturated heterocycles. The van der Waals surface area contributed by atoms with Crippen molar-refractivity contribution in [3.8, 4) is 0 Å². The van der Waals surface area contributed by atoms with Crippen LogP contribution in [0.3, 0.4) is 0 Å². The first kappa shape index (κ1) is 13.6. The molecule has 1 aromatic heterocycles.